The number of thiazole rings is 1. The molecule has 0 spiro atoms. The number of ether oxygens (including phenoxy) is 3. The van der Waals surface area contributed by atoms with Crippen LogP contribution in [0.1, 0.15) is 36.1 Å². The predicted octanol–water partition coefficient (Wildman–Crippen LogP) is 6.82. The van der Waals surface area contributed by atoms with Gasteiger partial charge in [-0.2, -0.15) is 0 Å². The summed E-state index contributed by atoms with van der Waals surface area (Å²) in [6.45, 7) is 0. The molecule has 0 aliphatic heterocycles. The number of hydrogen-bond donors (Lipinski definition) is 0. The van der Waals surface area contributed by atoms with Gasteiger partial charge in [-0.1, -0.05) is 35.6 Å². The standard InChI is InChI=1S/C27H23F3N2O4S/c1-34-23-8-4-5-18(24(23)35-19-6-2-3-7-19)11-14-21-16-32-25(33)22(15-31-26(32)37-21)17-9-12-20(13-10-17)36-27(28,29)30/h4-5,8-16,19H,2-3,6-7H2,1H3/b14-11+. The molecule has 37 heavy (non-hydrogen) atoms. The van der Waals surface area contributed by atoms with Crippen LogP contribution in [0.25, 0.3) is 28.2 Å². The minimum atomic E-state index is -4.78. The Morgan fingerprint density at radius 1 is 1.08 bits per heavy atom. The van der Waals surface area contributed by atoms with Crippen LogP contribution in [0, 0.1) is 0 Å². The second-order valence-electron chi connectivity index (χ2n) is 8.57. The summed E-state index contributed by atoms with van der Waals surface area (Å²) in [6.07, 6.45) is 6.66. The fourth-order valence-corrected chi connectivity index (χ4v) is 5.15. The van der Waals surface area contributed by atoms with Crippen LogP contribution in [-0.4, -0.2) is 29.0 Å². The van der Waals surface area contributed by atoms with Gasteiger partial charge in [0.15, 0.2) is 16.5 Å². The van der Waals surface area contributed by atoms with Gasteiger partial charge in [-0.15, -0.1) is 13.2 Å². The molecule has 10 heteroatoms. The Hall–Kier alpha value is -3.79. The van der Waals surface area contributed by atoms with E-state index in [1.165, 1.54) is 34.1 Å². The van der Waals surface area contributed by atoms with Gasteiger partial charge in [0, 0.05) is 22.8 Å². The third-order valence-electron chi connectivity index (χ3n) is 6.07. The molecule has 1 aliphatic carbocycles. The molecule has 0 unspecified atom stereocenters. The van der Waals surface area contributed by atoms with Gasteiger partial charge < -0.3 is 14.2 Å². The molecule has 0 N–H and O–H groups in total. The molecule has 2 aromatic carbocycles. The lowest BCUT2D eigenvalue weighted by atomic mass is 10.1. The number of hydrogen-bond acceptors (Lipinski definition) is 6. The molecule has 2 heterocycles. The van der Waals surface area contributed by atoms with Crippen LogP contribution < -0.4 is 19.8 Å². The van der Waals surface area contributed by atoms with Crippen LogP contribution >= 0.6 is 11.3 Å². The van der Waals surface area contributed by atoms with E-state index >= 15 is 0 Å². The summed E-state index contributed by atoms with van der Waals surface area (Å²) in [5, 5.41) is 0. The first-order chi connectivity index (χ1) is 17.8. The summed E-state index contributed by atoms with van der Waals surface area (Å²) in [4.78, 5) is 18.8. The van der Waals surface area contributed by atoms with E-state index in [-0.39, 0.29) is 23.0 Å². The van der Waals surface area contributed by atoms with Gasteiger partial charge in [-0.25, -0.2) is 4.98 Å². The van der Waals surface area contributed by atoms with Crippen LogP contribution in [0.5, 0.6) is 17.2 Å². The molecule has 0 bridgehead atoms. The van der Waals surface area contributed by atoms with E-state index in [1.54, 1.807) is 13.3 Å². The second-order valence-corrected chi connectivity index (χ2v) is 9.61. The zero-order chi connectivity index (χ0) is 26.0. The minimum Gasteiger partial charge on any atom is -0.493 e. The number of halogens is 3. The van der Waals surface area contributed by atoms with Crippen molar-refractivity contribution < 1.29 is 27.4 Å². The molecule has 0 atom stereocenters. The molecular formula is C27H23F3N2O4S. The van der Waals surface area contributed by atoms with Crippen molar-refractivity contribution in [2.45, 2.75) is 38.1 Å². The summed E-state index contributed by atoms with van der Waals surface area (Å²) in [7, 11) is 1.61. The summed E-state index contributed by atoms with van der Waals surface area (Å²) < 4.78 is 54.4. The SMILES string of the molecule is COc1cccc(/C=C/c2cn3c(=O)c(-c4ccc(OC(F)(F)F)cc4)cnc3s2)c1OC1CCCC1. The third kappa shape index (κ3) is 5.64. The Labute approximate surface area is 214 Å². The highest BCUT2D eigenvalue weighted by Crippen LogP contribution is 2.36. The Kier molecular flexibility index (Phi) is 6.92. The number of fused-ring (bicyclic) bond motifs is 1. The van der Waals surface area contributed by atoms with Crippen LogP contribution in [0.3, 0.4) is 0 Å². The summed E-state index contributed by atoms with van der Waals surface area (Å²) >= 11 is 1.34. The Morgan fingerprint density at radius 3 is 2.54 bits per heavy atom. The van der Waals surface area contributed by atoms with E-state index in [2.05, 4.69) is 9.72 Å². The largest absolute Gasteiger partial charge is 0.573 e. The Balaban J connectivity index is 1.42. The van der Waals surface area contributed by atoms with Crippen molar-refractivity contribution in [1.82, 2.24) is 9.38 Å². The average molecular weight is 529 g/mol. The first-order valence-corrected chi connectivity index (χ1v) is 12.5. The number of rotatable bonds is 7. The molecule has 5 rings (SSSR count). The van der Waals surface area contributed by atoms with E-state index < -0.39 is 6.36 Å². The zero-order valence-corrected chi connectivity index (χ0v) is 20.6. The van der Waals surface area contributed by atoms with Crippen molar-refractivity contribution in [2.75, 3.05) is 7.11 Å². The lowest BCUT2D eigenvalue weighted by molar-refractivity contribution is -0.274. The molecule has 192 valence electrons. The van der Waals surface area contributed by atoms with Crippen molar-refractivity contribution in [3.63, 3.8) is 0 Å². The van der Waals surface area contributed by atoms with Gasteiger partial charge in [-0.3, -0.25) is 9.20 Å². The van der Waals surface area contributed by atoms with Gasteiger partial charge in [0.25, 0.3) is 5.56 Å². The lowest BCUT2D eigenvalue weighted by Gasteiger charge is -2.18. The quantitative estimate of drug-likeness (QED) is 0.263. The van der Waals surface area contributed by atoms with Crippen molar-refractivity contribution in [3.8, 4) is 28.4 Å². The fraction of sp³-hybridized carbons (Fsp3) is 0.259. The van der Waals surface area contributed by atoms with Gasteiger partial charge in [0.1, 0.15) is 5.75 Å². The highest BCUT2D eigenvalue weighted by Gasteiger charge is 2.31. The third-order valence-corrected chi connectivity index (χ3v) is 7.03. The van der Waals surface area contributed by atoms with Gasteiger partial charge >= 0.3 is 6.36 Å². The number of benzene rings is 2. The summed E-state index contributed by atoms with van der Waals surface area (Å²) in [5.41, 5.74) is 1.25. The first kappa shape index (κ1) is 24.9. The number of para-hydroxylation sites is 1. The van der Waals surface area contributed by atoms with E-state index in [0.717, 1.165) is 48.3 Å². The minimum absolute atomic E-state index is 0.170. The fourth-order valence-electron chi connectivity index (χ4n) is 4.31. The predicted molar refractivity (Wildman–Crippen MR) is 136 cm³/mol. The lowest BCUT2D eigenvalue weighted by Crippen LogP contribution is -2.17. The molecular weight excluding hydrogens is 505 g/mol. The highest BCUT2D eigenvalue weighted by molar-refractivity contribution is 7.17. The van der Waals surface area contributed by atoms with Gasteiger partial charge in [-0.05, 0) is 61.6 Å². The number of aromatic nitrogens is 2. The van der Waals surface area contributed by atoms with Crippen molar-refractivity contribution >= 4 is 28.4 Å². The number of methoxy groups -OCH3 is 1. The van der Waals surface area contributed by atoms with Crippen molar-refractivity contribution in [3.05, 3.63) is 75.7 Å². The zero-order valence-electron chi connectivity index (χ0n) is 19.8. The molecule has 1 aliphatic rings. The molecule has 4 aromatic rings. The van der Waals surface area contributed by atoms with E-state index in [1.807, 2.05) is 30.4 Å². The Bertz CT molecular complexity index is 1490. The molecule has 0 saturated heterocycles. The van der Waals surface area contributed by atoms with Crippen LogP contribution in [0.2, 0.25) is 0 Å². The molecule has 6 nitrogen and oxygen atoms in total. The van der Waals surface area contributed by atoms with Gasteiger partial charge in [0.05, 0.1) is 18.8 Å². The molecule has 1 saturated carbocycles. The topological polar surface area (TPSA) is 62.1 Å². The maximum Gasteiger partial charge on any atom is 0.573 e. The van der Waals surface area contributed by atoms with Crippen LogP contribution in [0.15, 0.2) is 59.7 Å². The maximum absolute atomic E-state index is 13.1. The van der Waals surface area contributed by atoms with Crippen LogP contribution in [0.4, 0.5) is 13.2 Å². The summed E-state index contributed by atoms with van der Waals surface area (Å²) in [5.74, 6) is 1.01. The van der Waals surface area contributed by atoms with E-state index in [0.29, 0.717) is 22.0 Å². The molecule has 1 fully saturated rings. The van der Waals surface area contributed by atoms with Crippen LogP contribution in [-0.2, 0) is 0 Å². The maximum atomic E-state index is 13.1. The van der Waals surface area contributed by atoms with E-state index in [4.69, 9.17) is 9.47 Å². The molecule has 2 aromatic heterocycles. The normalized spacial score (nSPS) is 14.5. The van der Waals surface area contributed by atoms with Crippen molar-refractivity contribution in [1.29, 1.82) is 0 Å². The number of nitrogens with zero attached hydrogens (tertiary/aromatic N) is 2. The Morgan fingerprint density at radius 2 is 1.84 bits per heavy atom. The van der Waals surface area contributed by atoms with Gasteiger partial charge in [0.2, 0.25) is 0 Å². The first-order valence-electron chi connectivity index (χ1n) is 11.7. The smallest absolute Gasteiger partial charge is 0.493 e. The monoisotopic (exact) mass is 528 g/mol. The van der Waals surface area contributed by atoms with Crippen molar-refractivity contribution in [2.24, 2.45) is 0 Å². The average Bonchev–Trinajstić information content (AvgIpc) is 3.53. The molecule has 0 radical (unpaired) electrons. The van der Waals surface area contributed by atoms with E-state index in [9.17, 15) is 18.0 Å². The second kappa shape index (κ2) is 10.3. The highest BCUT2D eigenvalue weighted by atomic mass is 32.1. The summed E-state index contributed by atoms with van der Waals surface area (Å²) in [6, 6.07) is 10.8. The number of alkyl halides is 3. The molecule has 0 amide bonds.